The van der Waals surface area contributed by atoms with Crippen molar-refractivity contribution in [2.75, 3.05) is 16.4 Å². The van der Waals surface area contributed by atoms with Crippen LogP contribution in [0.15, 0.2) is 65.6 Å². The van der Waals surface area contributed by atoms with Crippen LogP contribution in [0.4, 0.5) is 11.4 Å². The Balaban J connectivity index is 1.35. The number of halogens is 1. The monoisotopic (exact) mass is 410 g/mol. The molecule has 1 fully saturated rings. The summed E-state index contributed by atoms with van der Waals surface area (Å²) < 4.78 is 0. The highest BCUT2D eigenvalue weighted by molar-refractivity contribution is 8.00. The minimum absolute atomic E-state index is 0.0712. The largest absolute Gasteiger partial charge is 0.326 e. The van der Waals surface area contributed by atoms with Crippen molar-refractivity contribution in [3.05, 3.63) is 65.7 Å². The zero-order valence-electron chi connectivity index (χ0n) is 15.1. The number of rotatable bonds is 6. The van der Waals surface area contributed by atoms with E-state index in [9.17, 15) is 9.59 Å². The lowest BCUT2D eigenvalue weighted by atomic mass is 10.1. The molecule has 0 heterocycles. The molecule has 1 aliphatic carbocycles. The van der Waals surface area contributed by atoms with Gasteiger partial charge in [-0.05, 0) is 54.6 Å². The van der Waals surface area contributed by atoms with Crippen LogP contribution in [-0.2, 0) is 9.59 Å². The van der Waals surface area contributed by atoms with Crippen molar-refractivity contribution in [1.29, 1.82) is 0 Å². The first kappa shape index (κ1) is 18.8. The van der Waals surface area contributed by atoms with E-state index in [2.05, 4.69) is 10.6 Å². The molecule has 2 amide bonds. The third-order valence-electron chi connectivity index (χ3n) is 4.56. The van der Waals surface area contributed by atoms with E-state index in [1.54, 1.807) is 24.3 Å². The highest BCUT2D eigenvalue weighted by Gasteiger charge is 2.29. The van der Waals surface area contributed by atoms with Gasteiger partial charge in [0, 0.05) is 32.6 Å². The average Bonchev–Trinajstić information content (AvgIpc) is 3.53. The summed E-state index contributed by atoms with van der Waals surface area (Å²) in [5.74, 6) is 0.426. The average molecular weight is 411 g/mol. The Morgan fingerprint density at radius 2 is 1.57 bits per heavy atom. The fraction of sp³-hybridized carbons (Fsp3) is 0.182. The van der Waals surface area contributed by atoms with E-state index in [0.717, 1.165) is 34.2 Å². The van der Waals surface area contributed by atoms with Crippen molar-refractivity contribution in [1.82, 2.24) is 0 Å². The van der Waals surface area contributed by atoms with E-state index in [4.69, 9.17) is 11.6 Å². The van der Waals surface area contributed by atoms with E-state index < -0.39 is 0 Å². The van der Waals surface area contributed by atoms with Crippen LogP contribution in [-0.4, -0.2) is 17.6 Å². The number of carbonyl (C=O) groups excluding carboxylic acids is 2. The molecule has 0 atom stereocenters. The van der Waals surface area contributed by atoms with E-state index >= 15 is 0 Å². The molecule has 0 aliphatic heterocycles. The maximum atomic E-state index is 12.3. The molecular formula is C22H19ClN2O2S. The molecule has 0 spiro atoms. The summed E-state index contributed by atoms with van der Waals surface area (Å²) in [6, 6.07) is 18.9. The Bertz CT molecular complexity index is 1030. The molecule has 0 aromatic heterocycles. The smallest absolute Gasteiger partial charge is 0.234 e. The minimum atomic E-state index is -0.0937. The van der Waals surface area contributed by atoms with E-state index in [-0.39, 0.29) is 23.5 Å². The van der Waals surface area contributed by atoms with Crippen LogP contribution in [0.25, 0.3) is 10.8 Å². The summed E-state index contributed by atoms with van der Waals surface area (Å²) >= 11 is 7.80. The Kier molecular flexibility index (Phi) is 5.55. The molecule has 0 saturated heterocycles. The Morgan fingerprint density at radius 3 is 2.25 bits per heavy atom. The molecule has 6 heteroatoms. The fourth-order valence-electron chi connectivity index (χ4n) is 2.95. The molecule has 0 bridgehead atoms. The lowest BCUT2D eigenvalue weighted by Crippen LogP contribution is -2.15. The number of carbonyl (C=O) groups is 2. The molecule has 3 aromatic rings. The third kappa shape index (κ3) is 4.49. The van der Waals surface area contributed by atoms with Crippen molar-refractivity contribution in [3.8, 4) is 0 Å². The van der Waals surface area contributed by atoms with Crippen LogP contribution in [0.5, 0.6) is 0 Å². The van der Waals surface area contributed by atoms with Crippen LogP contribution in [0, 0.1) is 5.92 Å². The Morgan fingerprint density at radius 1 is 0.929 bits per heavy atom. The number of thioether (sulfide) groups is 1. The van der Waals surface area contributed by atoms with Gasteiger partial charge in [0.2, 0.25) is 11.8 Å². The molecule has 4 rings (SSSR count). The maximum absolute atomic E-state index is 12.3. The number of anilines is 2. The van der Waals surface area contributed by atoms with Crippen LogP contribution in [0.1, 0.15) is 12.8 Å². The summed E-state index contributed by atoms with van der Waals surface area (Å²) in [7, 11) is 0. The first-order valence-corrected chi connectivity index (χ1v) is 10.5. The van der Waals surface area contributed by atoms with E-state index in [1.807, 2.05) is 36.4 Å². The predicted molar refractivity (Wildman–Crippen MR) is 116 cm³/mol. The van der Waals surface area contributed by atoms with Crippen molar-refractivity contribution in [3.63, 3.8) is 0 Å². The molecule has 2 N–H and O–H groups in total. The highest BCUT2D eigenvalue weighted by atomic mass is 35.5. The topological polar surface area (TPSA) is 58.2 Å². The number of nitrogens with one attached hydrogen (secondary N) is 2. The number of amides is 2. The number of hydrogen-bond donors (Lipinski definition) is 2. The SMILES string of the molecule is O=C(CSc1cccc2cccc(Cl)c12)Nc1ccc(NC(=O)C2CC2)cc1. The van der Waals surface area contributed by atoms with Gasteiger partial charge in [-0.1, -0.05) is 35.9 Å². The normalized spacial score (nSPS) is 13.3. The fourth-order valence-corrected chi connectivity index (χ4v) is 4.19. The molecule has 0 unspecified atom stereocenters. The van der Waals surface area contributed by atoms with Gasteiger partial charge in [-0.3, -0.25) is 9.59 Å². The second-order valence-corrected chi connectivity index (χ2v) is 8.20. The number of fused-ring (bicyclic) bond motifs is 1. The third-order valence-corrected chi connectivity index (χ3v) is 5.93. The predicted octanol–water partition coefficient (Wildman–Crippen LogP) is 5.57. The summed E-state index contributed by atoms with van der Waals surface area (Å²) in [5.41, 5.74) is 1.45. The quantitative estimate of drug-likeness (QED) is 0.522. The minimum Gasteiger partial charge on any atom is -0.326 e. The summed E-state index contributed by atoms with van der Waals surface area (Å²) in [4.78, 5) is 25.1. The molecule has 0 radical (unpaired) electrons. The maximum Gasteiger partial charge on any atom is 0.234 e. The number of benzene rings is 3. The van der Waals surface area contributed by atoms with Crippen LogP contribution in [0.2, 0.25) is 5.02 Å². The highest BCUT2D eigenvalue weighted by Crippen LogP contribution is 2.33. The number of hydrogen-bond acceptors (Lipinski definition) is 3. The van der Waals surface area contributed by atoms with Crippen LogP contribution >= 0.6 is 23.4 Å². The van der Waals surface area contributed by atoms with Gasteiger partial charge in [0.05, 0.1) is 5.75 Å². The first-order valence-electron chi connectivity index (χ1n) is 9.11. The standard InChI is InChI=1S/C22H19ClN2O2S/c23-18-5-1-3-14-4-2-6-19(21(14)18)28-13-20(26)24-16-9-11-17(12-10-16)25-22(27)15-7-8-15/h1-6,9-12,15H,7-8,13H2,(H,24,26)(H,25,27). The first-order chi connectivity index (χ1) is 13.6. The van der Waals surface area contributed by atoms with Crippen LogP contribution in [0.3, 0.4) is 0 Å². The molecule has 3 aromatic carbocycles. The molecule has 28 heavy (non-hydrogen) atoms. The van der Waals surface area contributed by atoms with Gasteiger partial charge < -0.3 is 10.6 Å². The van der Waals surface area contributed by atoms with Crippen molar-refractivity contribution >= 4 is 57.3 Å². The lowest BCUT2D eigenvalue weighted by Gasteiger charge is -2.09. The molecule has 1 aliphatic rings. The molecule has 4 nitrogen and oxygen atoms in total. The van der Waals surface area contributed by atoms with Crippen molar-refractivity contribution < 1.29 is 9.59 Å². The second-order valence-electron chi connectivity index (χ2n) is 6.77. The van der Waals surface area contributed by atoms with E-state index in [1.165, 1.54) is 11.8 Å². The zero-order chi connectivity index (χ0) is 19.5. The Hall–Kier alpha value is -2.50. The molecule has 142 valence electrons. The molecule has 1 saturated carbocycles. The summed E-state index contributed by atoms with van der Waals surface area (Å²) in [5, 5.41) is 8.48. The van der Waals surface area contributed by atoms with Gasteiger partial charge in [0.25, 0.3) is 0 Å². The van der Waals surface area contributed by atoms with Crippen molar-refractivity contribution in [2.45, 2.75) is 17.7 Å². The van der Waals surface area contributed by atoms with Gasteiger partial charge in [0.15, 0.2) is 0 Å². The van der Waals surface area contributed by atoms with Crippen molar-refractivity contribution in [2.24, 2.45) is 5.92 Å². The van der Waals surface area contributed by atoms with Gasteiger partial charge in [-0.15, -0.1) is 11.8 Å². The zero-order valence-corrected chi connectivity index (χ0v) is 16.6. The van der Waals surface area contributed by atoms with Gasteiger partial charge in [-0.25, -0.2) is 0 Å². The summed E-state index contributed by atoms with van der Waals surface area (Å²) in [6.07, 6.45) is 1.94. The van der Waals surface area contributed by atoms with Gasteiger partial charge >= 0.3 is 0 Å². The van der Waals surface area contributed by atoms with Gasteiger partial charge in [0.1, 0.15) is 0 Å². The molecular weight excluding hydrogens is 392 g/mol. The van der Waals surface area contributed by atoms with E-state index in [0.29, 0.717) is 10.7 Å². The Labute approximate surface area is 172 Å². The lowest BCUT2D eigenvalue weighted by molar-refractivity contribution is -0.117. The van der Waals surface area contributed by atoms with Gasteiger partial charge in [-0.2, -0.15) is 0 Å². The summed E-state index contributed by atoms with van der Waals surface area (Å²) in [6.45, 7) is 0. The van der Waals surface area contributed by atoms with Crippen LogP contribution < -0.4 is 10.6 Å². The second kappa shape index (κ2) is 8.25.